The topological polar surface area (TPSA) is 69.5 Å². The van der Waals surface area contributed by atoms with E-state index < -0.39 is 0 Å². The fraction of sp³-hybridized carbons (Fsp3) is 0.150. The molecule has 4 aromatic rings. The zero-order valence-corrected chi connectivity index (χ0v) is 15.6. The van der Waals surface area contributed by atoms with E-state index in [9.17, 15) is 4.79 Å². The van der Waals surface area contributed by atoms with E-state index in [0.717, 1.165) is 10.2 Å². The van der Waals surface area contributed by atoms with Crippen LogP contribution in [0.3, 0.4) is 0 Å². The Morgan fingerprint density at radius 2 is 2.04 bits per heavy atom. The maximum atomic E-state index is 13.3. The molecule has 1 aliphatic heterocycles. The highest BCUT2D eigenvalue weighted by molar-refractivity contribution is 7.22. The van der Waals surface area contributed by atoms with E-state index in [4.69, 9.17) is 9.47 Å². The lowest BCUT2D eigenvalue weighted by Crippen LogP contribution is -2.34. The van der Waals surface area contributed by atoms with Crippen LogP contribution in [0.2, 0.25) is 0 Å². The van der Waals surface area contributed by atoms with E-state index in [1.807, 2.05) is 36.5 Å². The third kappa shape index (κ3) is 3.07. The Kier molecular flexibility index (Phi) is 4.17. The van der Waals surface area contributed by atoms with Gasteiger partial charge in [0.1, 0.15) is 0 Å². The van der Waals surface area contributed by atoms with Crippen molar-refractivity contribution in [2.45, 2.75) is 6.54 Å². The van der Waals surface area contributed by atoms with Gasteiger partial charge in [-0.05, 0) is 36.4 Å². The van der Waals surface area contributed by atoms with Gasteiger partial charge in [0.25, 0.3) is 5.91 Å². The number of nitrogens with zero attached hydrogens (tertiary/aromatic N) is 4. The van der Waals surface area contributed by atoms with Crippen LogP contribution in [0, 0.1) is 0 Å². The fourth-order valence-electron chi connectivity index (χ4n) is 3.08. The molecule has 0 aliphatic carbocycles. The Hall–Kier alpha value is -3.39. The van der Waals surface area contributed by atoms with Crippen LogP contribution in [-0.2, 0) is 6.54 Å². The van der Waals surface area contributed by atoms with Gasteiger partial charge in [-0.2, -0.15) is 5.10 Å². The number of para-hydroxylation sites is 1. The highest BCUT2D eigenvalue weighted by Gasteiger charge is 2.24. The predicted molar refractivity (Wildman–Crippen MR) is 106 cm³/mol. The molecule has 5 rings (SSSR count). The normalized spacial score (nSPS) is 12.4. The zero-order chi connectivity index (χ0) is 18.9. The van der Waals surface area contributed by atoms with Gasteiger partial charge in [-0.25, -0.2) is 4.98 Å². The number of ether oxygens (including phenoxy) is 2. The molecule has 2 aromatic heterocycles. The van der Waals surface area contributed by atoms with Crippen molar-refractivity contribution in [2.24, 2.45) is 0 Å². The molecule has 0 bridgehead atoms. The molecule has 0 atom stereocenters. The van der Waals surface area contributed by atoms with Gasteiger partial charge < -0.3 is 9.47 Å². The first kappa shape index (κ1) is 16.8. The number of hydrogen-bond donors (Lipinski definition) is 0. The van der Waals surface area contributed by atoms with Gasteiger partial charge in [0.2, 0.25) is 6.79 Å². The van der Waals surface area contributed by atoms with E-state index in [0.29, 0.717) is 35.3 Å². The van der Waals surface area contributed by atoms with Crippen LogP contribution in [0.4, 0.5) is 5.13 Å². The molecule has 8 heteroatoms. The number of benzene rings is 2. The van der Waals surface area contributed by atoms with Crippen molar-refractivity contribution in [2.75, 3.05) is 18.2 Å². The SMILES string of the molecule is O=C(c1ccc2c(c1)OCO2)N(CCn1cccn1)c1nc2ccccc2s1. The van der Waals surface area contributed by atoms with E-state index in [1.165, 1.54) is 11.3 Å². The zero-order valence-electron chi connectivity index (χ0n) is 14.8. The minimum absolute atomic E-state index is 0.135. The Bertz CT molecular complexity index is 1110. The largest absolute Gasteiger partial charge is 0.454 e. The van der Waals surface area contributed by atoms with Crippen LogP contribution < -0.4 is 14.4 Å². The second-order valence-electron chi connectivity index (χ2n) is 6.26. The molecular weight excluding hydrogens is 376 g/mol. The third-order valence-corrected chi connectivity index (χ3v) is 5.55. The van der Waals surface area contributed by atoms with E-state index in [1.54, 1.807) is 34.0 Å². The summed E-state index contributed by atoms with van der Waals surface area (Å²) in [6.07, 6.45) is 3.60. The lowest BCUT2D eigenvalue weighted by molar-refractivity contribution is 0.0985. The van der Waals surface area contributed by atoms with Gasteiger partial charge in [-0.3, -0.25) is 14.4 Å². The number of carbonyl (C=O) groups excluding carboxylic acids is 1. The number of aromatic nitrogens is 3. The molecule has 2 aromatic carbocycles. The Morgan fingerprint density at radius 1 is 1.14 bits per heavy atom. The molecule has 0 spiro atoms. The van der Waals surface area contributed by atoms with Crippen LogP contribution in [0.15, 0.2) is 60.9 Å². The van der Waals surface area contributed by atoms with Crippen LogP contribution in [-0.4, -0.2) is 34.0 Å². The van der Waals surface area contributed by atoms with Crippen molar-refractivity contribution in [3.63, 3.8) is 0 Å². The number of rotatable bonds is 5. The molecule has 7 nitrogen and oxygen atoms in total. The standard InChI is InChI=1S/C20H16N4O3S/c25-19(14-6-7-16-17(12-14)27-13-26-16)24(11-10-23-9-3-8-21-23)20-22-15-4-1-2-5-18(15)28-20/h1-9,12H,10-11,13H2. The van der Waals surface area contributed by atoms with E-state index in [-0.39, 0.29) is 12.7 Å². The monoisotopic (exact) mass is 392 g/mol. The van der Waals surface area contributed by atoms with Crippen LogP contribution in [0.1, 0.15) is 10.4 Å². The smallest absolute Gasteiger partial charge is 0.260 e. The summed E-state index contributed by atoms with van der Waals surface area (Å²) in [6.45, 7) is 1.20. The number of fused-ring (bicyclic) bond motifs is 2. The second-order valence-corrected chi connectivity index (χ2v) is 7.27. The van der Waals surface area contributed by atoms with E-state index in [2.05, 4.69) is 10.1 Å². The number of amides is 1. The van der Waals surface area contributed by atoms with E-state index >= 15 is 0 Å². The first-order valence-electron chi connectivity index (χ1n) is 8.82. The van der Waals surface area contributed by atoms with Gasteiger partial charge >= 0.3 is 0 Å². The average Bonchev–Trinajstić information content (AvgIpc) is 3.47. The van der Waals surface area contributed by atoms with Crippen molar-refractivity contribution in [3.05, 3.63) is 66.5 Å². The lowest BCUT2D eigenvalue weighted by atomic mass is 10.2. The summed E-state index contributed by atoms with van der Waals surface area (Å²) in [5, 5.41) is 4.89. The summed E-state index contributed by atoms with van der Waals surface area (Å²) in [4.78, 5) is 19.7. The summed E-state index contributed by atoms with van der Waals surface area (Å²) in [7, 11) is 0. The first-order valence-corrected chi connectivity index (χ1v) is 9.64. The van der Waals surface area contributed by atoms with Gasteiger partial charge in [-0.15, -0.1) is 0 Å². The Morgan fingerprint density at radius 3 is 2.89 bits per heavy atom. The molecule has 0 saturated heterocycles. The minimum atomic E-state index is -0.135. The molecule has 3 heterocycles. The second kappa shape index (κ2) is 6.97. The summed E-state index contributed by atoms with van der Waals surface area (Å²) < 4.78 is 13.6. The Balaban J connectivity index is 1.49. The van der Waals surface area contributed by atoms with Crippen LogP contribution in [0.25, 0.3) is 10.2 Å². The maximum Gasteiger partial charge on any atom is 0.260 e. The Labute approximate surface area is 164 Å². The predicted octanol–water partition coefficient (Wildman–Crippen LogP) is 3.57. The summed E-state index contributed by atoms with van der Waals surface area (Å²) in [6, 6.07) is 15.0. The molecule has 0 unspecified atom stereocenters. The molecule has 1 amide bonds. The van der Waals surface area contributed by atoms with Gasteiger partial charge in [0.05, 0.1) is 16.8 Å². The number of thiazole rings is 1. The molecular formula is C20H16N4O3S. The highest BCUT2D eigenvalue weighted by atomic mass is 32.1. The van der Waals surface area contributed by atoms with Crippen molar-refractivity contribution < 1.29 is 14.3 Å². The average molecular weight is 392 g/mol. The molecule has 0 fully saturated rings. The molecule has 0 saturated carbocycles. The van der Waals surface area contributed by atoms with Crippen LogP contribution >= 0.6 is 11.3 Å². The highest BCUT2D eigenvalue weighted by Crippen LogP contribution is 2.34. The van der Waals surface area contributed by atoms with Crippen molar-refractivity contribution >= 4 is 32.6 Å². The molecule has 140 valence electrons. The lowest BCUT2D eigenvalue weighted by Gasteiger charge is -2.20. The number of carbonyl (C=O) groups is 1. The minimum Gasteiger partial charge on any atom is -0.454 e. The number of anilines is 1. The van der Waals surface area contributed by atoms with Crippen molar-refractivity contribution in [1.29, 1.82) is 0 Å². The molecule has 0 radical (unpaired) electrons. The maximum absolute atomic E-state index is 13.3. The fourth-order valence-corrected chi connectivity index (χ4v) is 4.07. The van der Waals surface area contributed by atoms with Gasteiger partial charge in [-0.1, -0.05) is 23.5 Å². The first-order chi connectivity index (χ1) is 13.8. The third-order valence-electron chi connectivity index (χ3n) is 4.49. The van der Waals surface area contributed by atoms with Crippen molar-refractivity contribution in [3.8, 4) is 11.5 Å². The van der Waals surface area contributed by atoms with Gasteiger partial charge in [0.15, 0.2) is 16.6 Å². The molecule has 28 heavy (non-hydrogen) atoms. The molecule has 1 aliphatic rings. The van der Waals surface area contributed by atoms with Crippen molar-refractivity contribution in [1.82, 2.24) is 14.8 Å². The summed E-state index contributed by atoms with van der Waals surface area (Å²) in [5.41, 5.74) is 1.41. The summed E-state index contributed by atoms with van der Waals surface area (Å²) in [5.74, 6) is 1.10. The van der Waals surface area contributed by atoms with Crippen LogP contribution in [0.5, 0.6) is 11.5 Å². The quantitative estimate of drug-likeness (QED) is 0.519. The van der Waals surface area contributed by atoms with Gasteiger partial charge in [0, 0.05) is 24.5 Å². The molecule has 0 N–H and O–H groups in total. The summed E-state index contributed by atoms with van der Waals surface area (Å²) >= 11 is 1.50. The number of hydrogen-bond acceptors (Lipinski definition) is 6.